The Balaban J connectivity index is 2.55. The van der Waals surface area contributed by atoms with Crippen LogP contribution < -0.4 is 5.43 Å². The lowest BCUT2D eigenvalue weighted by molar-refractivity contribution is -0.143. The van der Waals surface area contributed by atoms with E-state index in [2.05, 4.69) is 4.98 Å². The molecule has 0 aliphatic carbocycles. The van der Waals surface area contributed by atoms with E-state index in [9.17, 15) is 14.4 Å². The zero-order valence-electron chi connectivity index (χ0n) is 9.69. The minimum atomic E-state index is -0.275. The van der Waals surface area contributed by atoms with Crippen molar-refractivity contribution in [3.63, 3.8) is 0 Å². The van der Waals surface area contributed by atoms with Crippen LogP contribution in [0.5, 0.6) is 0 Å². The number of rotatable bonds is 6. The van der Waals surface area contributed by atoms with Crippen LogP contribution in [0, 0.1) is 0 Å². The minimum Gasteiger partial charge on any atom is -0.466 e. The molecule has 0 saturated carbocycles. The Morgan fingerprint density at radius 2 is 2.24 bits per heavy atom. The molecule has 0 saturated heterocycles. The molecule has 5 heteroatoms. The number of hydrogen-bond donors (Lipinski definition) is 1. The highest BCUT2D eigenvalue weighted by atomic mass is 16.5. The maximum absolute atomic E-state index is 11.6. The molecule has 0 spiro atoms. The van der Waals surface area contributed by atoms with E-state index in [0.717, 1.165) is 0 Å². The van der Waals surface area contributed by atoms with Gasteiger partial charge in [0.15, 0.2) is 11.7 Å². The van der Waals surface area contributed by atoms with Gasteiger partial charge in [0, 0.05) is 24.4 Å². The second-order valence-corrected chi connectivity index (χ2v) is 3.54. The molecule has 0 radical (unpaired) electrons. The first kappa shape index (κ1) is 13.2. The summed E-state index contributed by atoms with van der Waals surface area (Å²) in [4.78, 5) is 36.0. The van der Waals surface area contributed by atoms with E-state index in [1.54, 1.807) is 13.1 Å². The molecule has 17 heavy (non-hydrogen) atoms. The summed E-state index contributed by atoms with van der Waals surface area (Å²) in [7, 11) is 0. The van der Waals surface area contributed by atoms with E-state index < -0.39 is 0 Å². The van der Waals surface area contributed by atoms with Crippen molar-refractivity contribution in [2.45, 2.75) is 26.2 Å². The van der Waals surface area contributed by atoms with E-state index >= 15 is 0 Å². The molecular weight excluding hydrogens is 222 g/mol. The largest absolute Gasteiger partial charge is 0.466 e. The summed E-state index contributed by atoms with van der Waals surface area (Å²) in [5.41, 5.74) is 0.347. The topological polar surface area (TPSA) is 76.2 Å². The lowest BCUT2D eigenvalue weighted by Crippen LogP contribution is -2.15. The van der Waals surface area contributed by atoms with Crippen LogP contribution in [0.2, 0.25) is 0 Å². The van der Waals surface area contributed by atoms with Gasteiger partial charge in [0.25, 0.3) is 0 Å². The Kier molecular flexibility index (Phi) is 5.13. The van der Waals surface area contributed by atoms with Gasteiger partial charge in [-0.2, -0.15) is 0 Å². The van der Waals surface area contributed by atoms with Crippen LogP contribution >= 0.6 is 0 Å². The number of H-pyrrole nitrogens is 1. The number of aromatic amines is 1. The summed E-state index contributed by atoms with van der Waals surface area (Å²) in [5.74, 6) is -0.268. The quantitative estimate of drug-likeness (QED) is 0.593. The fraction of sp³-hybridized carbons (Fsp3) is 0.417. The average molecular weight is 237 g/mol. The monoisotopic (exact) mass is 237 g/mol. The van der Waals surface area contributed by atoms with Gasteiger partial charge in [0.1, 0.15) is 0 Å². The molecule has 0 aliphatic rings. The number of esters is 1. The number of carbonyl (C=O) groups is 2. The lowest BCUT2D eigenvalue weighted by atomic mass is 10.1. The summed E-state index contributed by atoms with van der Waals surface area (Å²) in [6.45, 7) is 2.11. The Morgan fingerprint density at radius 3 is 2.88 bits per heavy atom. The number of nitrogens with one attached hydrogen (secondary N) is 1. The third-order valence-electron chi connectivity index (χ3n) is 2.31. The van der Waals surface area contributed by atoms with Gasteiger partial charge in [-0.25, -0.2) is 0 Å². The molecule has 1 N–H and O–H groups in total. The third kappa shape index (κ3) is 3.86. The summed E-state index contributed by atoms with van der Waals surface area (Å²) in [6, 6.07) is 0. The van der Waals surface area contributed by atoms with Crippen molar-refractivity contribution in [3.8, 4) is 0 Å². The molecule has 0 amide bonds. The molecule has 0 aliphatic heterocycles. The third-order valence-corrected chi connectivity index (χ3v) is 2.31. The second-order valence-electron chi connectivity index (χ2n) is 3.54. The molecule has 1 rings (SSSR count). The fourth-order valence-electron chi connectivity index (χ4n) is 1.48. The van der Waals surface area contributed by atoms with Crippen molar-refractivity contribution in [3.05, 3.63) is 33.7 Å². The molecule has 1 heterocycles. The maximum Gasteiger partial charge on any atom is 0.305 e. The van der Waals surface area contributed by atoms with Crippen molar-refractivity contribution in [2.75, 3.05) is 6.61 Å². The number of aldehydes is 1. The van der Waals surface area contributed by atoms with Gasteiger partial charge in [0.05, 0.1) is 12.2 Å². The Hall–Kier alpha value is -1.91. The Morgan fingerprint density at radius 1 is 1.47 bits per heavy atom. The van der Waals surface area contributed by atoms with Crippen LogP contribution in [-0.2, 0) is 16.0 Å². The molecular formula is C12H15NO4. The first-order valence-electron chi connectivity index (χ1n) is 5.49. The van der Waals surface area contributed by atoms with E-state index in [0.29, 0.717) is 31.3 Å². The van der Waals surface area contributed by atoms with Gasteiger partial charge < -0.3 is 9.72 Å². The number of aromatic nitrogens is 1. The lowest BCUT2D eigenvalue weighted by Gasteiger charge is -2.02. The summed E-state index contributed by atoms with van der Waals surface area (Å²) in [6.07, 6.45) is 4.71. The van der Waals surface area contributed by atoms with Gasteiger partial charge in [-0.1, -0.05) is 0 Å². The van der Waals surface area contributed by atoms with Crippen LogP contribution in [0.4, 0.5) is 0 Å². The van der Waals surface area contributed by atoms with E-state index in [1.165, 1.54) is 6.20 Å². The normalized spacial score (nSPS) is 9.94. The average Bonchev–Trinajstić information content (AvgIpc) is 2.32. The Labute approximate surface area is 98.8 Å². The van der Waals surface area contributed by atoms with Crippen LogP contribution in [0.25, 0.3) is 0 Å². The minimum absolute atomic E-state index is 0.110. The molecule has 5 nitrogen and oxygen atoms in total. The summed E-state index contributed by atoms with van der Waals surface area (Å²) < 4.78 is 4.77. The van der Waals surface area contributed by atoms with Crippen LogP contribution in [0.1, 0.15) is 35.7 Å². The van der Waals surface area contributed by atoms with Crippen molar-refractivity contribution in [1.82, 2.24) is 4.98 Å². The molecule has 1 aromatic heterocycles. The smallest absolute Gasteiger partial charge is 0.305 e. The molecule has 0 fully saturated rings. The molecule has 1 aromatic rings. The zero-order valence-corrected chi connectivity index (χ0v) is 9.69. The van der Waals surface area contributed by atoms with Crippen LogP contribution in [0.3, 0.4) is 0 Å². The van der Waals surface area contributed by atoms with Gasteiger partial charge in [0.2, 0.25) is 0 Å². The van der Waals surface area contributed by atoms with Crippen LogP contribution in [0.15, 0.2) is 17.2 Å². The number of carbonyl (C=O) groups excluding carboxylic acids is 2. The van der Waals surface area contributed by atoms with Crippen LogP contribution in [-0.4, -0.2) is 23.8 Å². The molecule has 92 valence electrons. The standard InChI is InChI=1S/C12H15NO4/c1-2-17-11(15)5-3-4-9-6-13-7-10(8-14)12(9)16/h6-8H,2-5H2,1H3,(H,13,16). The highest BCUT2D eigenvalue weighted by Gasteiger charge is 2.06. The molecule has 0 bridgehead atoms. The van der Waals surface area contributed by atoms with Crippen molar-refractivity contribution < 1.29 is 14.3 Å². The van der Waals surface area contributed by atoms with Gasteiger partial charge in [-0.3, -0.25) is 14.4 Å². The SMILES string of the molecule is CCOC(=O)CCCc1c[nH]cc(C=O)c1=O. The first-order valence-corrected chi connectivity index (χ1v) is 5.49. The van der Waals surface area contributed by atoms with Crippen molar-refractivity contribution in [1.29, 1.82) is 0 Å². The Bertz CT molecular complexity index is 450. The second kappa shape index (κ2) is 6.62. The first-order chi connectivity index (χ1) is 8.19. The van der Waals surface area contributed by atoms with E-state index in [4.69, 9.17) is 4.74 Å². The molecule has 0 unspecified atom stereocenters. The number of pyridine rings is 1. The van der Waals surface area contributed by atoms with Gasteiger partial charge in [-0.15, -0.1) is 0 Å². The predicted molar refractivity (Wildman–Crippen MR) is 62.0 cm³/mol. The number of hydrogen-bond acceptors (Lipinski definition) is 4. The van der Waals surface area contributed by atoms with Crippen molar-refractivity contribution >= 4 is 12.3 Å². The predicted octanol–water partition coefficient (Wildman–Crippen LogP) is 1.07. The maximum atomic E-state index is 11.6. The van der Waals surface area contributed by atoms with Gasteiger partial charge >= 0.3 is 5.97 Å². The highest BCUT2D eigenvalue weighted by Crippen LogP contribution is 2.01. The van der Waals surface area contributed by atoms with Gasteiger partial charge in [-0.05, 0) is 19.8 Å². The van der Waals surface area contributed by atoms with E-state index in [1.807, 2.05) is 0 Å². The molecule has 0 atom stereocenters. The zero-order chi connectivity index (χ0) is 12.7. The summed E-state index contributed by atoms with van der Waals surface area (Å²) >= 11 is 0. The highest BCUT2D eigenvalue weighted by molar-refractivity contribution is 5.74. The fourth-order valence-corrected chi connectivity index (χ4v) is 1.48. The number of aryl methyl sites for hydroxylation is 1. The number of ether oxygens (including phenoxy) is 1. The van der Waals surface area contributed by atoms with Crippen molar-refractivity contribution in [2.24, 2.45) is 0 Å². The molecule has 0 aromatic carbocycles. The summed E-state index contributed by atoms with van der Waals surface area (Å²) in [5, 5.41) is 0. The van der Waals surface area contributed by atoms with E-state index in [-0.39, 0.29) is 23.4 Å².